The summed E-state index contributed by atoms with van der Waals surface area (Å²) < 4.78 is 11.7. The Hall–Kier alpha value is -0.570. The van der Waals surface area contributed by atoms with Gasteiger partial charge in [0.05, 0.1) is 24.9 Å². The van der Waals surface area contributed by atoms with Crippen molar-refractivity contribution >= 4 is 5.78 Å². The first kappa shape index (κ1) is 18.2. The van der Waals surface area contributed by atoms with E-state index in [0.29, 0.717) is 19.3 Å². The summed E-state index contributed by atoms with van der Waals surface area (Å²) >= 11 is 0. The summed E-state index contributed by atoms with van der Waals surface area (Å²) in [6.07, 6.45) is -1.10. The SMILES string of the molecule is C[C@@H]1O[C@]12C(=O)[C@@]13C(CCC2[C@H]1O)[C@@]12CO[C@@]3(O)[C@@H](O)C1C(C)(C)CC[C@@H]2O. The number of epoxide rings is 1. The fourth-order valence-electron chi connectivity index (χ4n) is 8.93. The van der Waals surface area contributed by atoms with Crippen LogP contribution >= 0.6 is 0 Å². The van der Waals surface area contributed by atoms with E-state index in [4.69, 9.17) is 9.47 Å². The molecule has 0 radical (unpaired) electrons. The van der Waals surface area contributed by atoms with E-state index in [-0.39, 0.29) is 23.9 Å². The number of carbonyl (C=O) groups excluding carboxylic acids is 1. The maximum absolute atomic E-state index is 13.9. The van der Waals surface area contributed by atoms with Gasteiger partial charge in [0.15, 0.2) is 11.4 Å². The van der Waals surface area contributed by atoms with Crippen LogP contribution in [0.1, 0.15) is 46.5 Å². The number of aliphatic hydroxyl groups excluding tert-OH is 3. The van der Waals surface area contributed by atoms with Crippen LogP contribution in [0.25, 0.3) is 0 Å². The Kier molecular flexibility index (Phi) is 3.05. The first-order valence-corrected chi connectivity index (χ1v) is 10.7. The molecule has 7 aliphatic rings. The summed E-state index contributed by atoms with van der Waals surface area (Å²) in [6.45, 7) is 6.02. The zero-order valence-electron chi connectivity index (χ0n) is 16.6. The summed E-state index contributed by atoms with van der Waals surface area (Å²) in [6, 6.07) is 0. The predicted molar refractivity (Wildman–Crippen MR) is 94.8 cm³/mol. The largest absolute Gasteiger partial charge is 0.392 e. The number of Topliss-reactive ketones (excluding diaryl/α,β-unsaturated/α-hetero) is 1. The maximum Gasteiger partial charge on any atom is 0.208 e. The van der Waals surface area contributed by atoms with Crippen LogP contribution in [-0.2, 0) is 14.3 Å². The molecule has 3 saturated heterocycles. The molecule has 11 atom stereocenters. The van der Waals surface area contributed by atoms with E-state index in [1.807, 2.05) is 6.92 Å². The minimum Gasteiger partial charge on any atom is -0.392 e. The van der Waals surface area contributed by atoms with Crippen LogP contribution in [0.5, 0.6) is 0 Å². The lowest BCUT2D eigenvalue weighted by molar-refractivity contribution is -0.458. The van der Waals surface area contributed by atoms with Gasteiger partial charge in [-0.15, -0.1) is 0 Å². The Balaban J connectivity index is 1.63. The Morgan fingerprint density at radius 3 is 2.39 bits per heavy atom. The summed E-state index contributed by atoms with van der Waals surface area (Å²) in [5, 5.41) is 45.9. The third kappa shape index (κ3) is 1.42. The fourth-order valence-corrected chi connectivity index (χ4v) is 8.93. The van der Waals surface area contributed by atoms with Crippen LogP contribution < -0.4 is 0 Å². The van der Waals surface area contributed by atoms with Crippen molar-refractivity contribution in [3.63, 3.8) is 0 Å². The molecule has 7 rings (SSSR count). The third-order valence-corrected chi connectivity index (χ3v) is 9.97. The average molecular weight is 394 g/mol. The Bertz CT molecular complexity index is 783. The van der Waals surface area contributed by atoms with Gasteiger partial charge in [0.25, 0.3) is 0 Å². The van der Waals surface area contributed by atoms with Gasteiger partial charge in [-0.1, -0.05) is 13.8 Å². The molecule has 7 heteroatoms. The van der Waals surface area contributed by atoms with Gasteiger partial charge in [-0.05, 0) is 43.9 Å². The molecule has 3 unspecified atom stereocenters. The van der Waals surface area contributed by atoms with Crippen molar-refractivity contribution in [3.8, 4) is 0 Å². The number of carbonyl (C=O) groups is 1. The smallest absolute Gasteiger partial charge is 0.208 e. The zero-order chi connectivity index (χ0) is 20.1. The molecule has 0 aromatic heterocycles. The first-order chi connectivity index (χ1) is 13.0. The third-order valence-electron chi connectivity index (χ3n) is 9.97. The average Bonchev–Trinajstić information content (AvgIpc) is 3.29. The molecule has 3 spiro atoms. The van der Waals surface area contributed by atoms with E-state index in [1.54, 1.807) is 0 Å². The fraction of sp³-hybridized carbons (Fsp3) is 0.952. The highest BCUT2D eigenvalue weighted by Crippen LogP contribution is 2.78. The van der Waals surface area contributed by atoms with E-state index < -0.39 is 58.3 Å². The number of hydrogen-bond acceptors (Lipinski definition) is 7. The number of aliphatic hydroxyl groups is 4. The van der Waals surface area contributed by atoms with Crippen LogP contribution in [0.15, 0.2) is 0 Å². The van der Waals surface area contributed by atoms with Crippen molar-refractivity contribution in [2.24, 2.45) is 34.0 Å². The second kappa shape index (κ2) is 4.68. The van der Waals surface area contributed by atoms with E-state index >= 15 is 0 Å². The summed E-state index contributed by atoms with van der Waals surface area (Å²) in [7, 11) is 0. The monoisotopic (exact) mass is 394 g/mol. The lowest BCUT2D eigenvalue weighted by atomic mass is 9.35. The minimum absolute atomic E-state index is 0.0936. The Labute approximate surface area is 164 Å². The van der Waals surface area contributed by atoms with Gasteiger partial charge in [-0.2, -0.15) is 0 Å². The van der Waals surface area contributed by atoms with Gasteiger partial charge in [-0.3, -0.25) is 4.79 Å². The number of rotatable bonds is 0. The molecule has 28 heavy (non-hydrogen) atoms. The number of hydrogen-bond donors (Lipinski definition) is 4. The van der Waals surface area contributed by atoms with E-state index in [9.17, 15) is 25.2 Å². The molecule has 4 saturated carbocycles. The summed E-state index contributed by atoms with van der Waals surface area (Å²) in [4.78, 5) is 13.9. The second-order valence-electron chi connectivity index (χ2n) is 11.0. The highest BCUT2D eigenvalue weighted by Gasteiger charge is 2.92. The topological polar surface area (TPSA) is 120 Å². The Morgan fingerprint density at radius 1 is 1.07 bits per heavy atom. The van der Waals surface area contributed by atoms with E-state index in [2.05, 4.69) is 13.8 Å². The van der Waals surface area contributed by atoms with Crippen molar-refractivity contribution in [1.29, 1.82) is 0 Å². The van der Waals surface area contributed by atoms with Crippen molar-refractivity contribution < 1.29 is 34.7 Å². The van der Waals surface area contributed by atoms with Gasteiger partial charge in [0.2, 0.25) is 5.79 Å². The van der Waals surface area contributed by atoms with Gasteiger partial charge in [-0.25, -0.2) is 0 Å². The molecule has 156 valence electrons. The van der Waals surface area contributed by atoms with E-state index in [0.717, 1.165) is 6.42 Å². The van der Waals surface area contributed by atoms with Crippen molar-refractivity contribution in [1.82, 2.24) is 0 Å². The standard InChI is InChI=1S/C21H30O7/c1-9-20(28-9)10-4-5-11-18-8-27-21(26,19(11,14(10)23)16(20)25)15(24)13(18)17(2,3)7-6-12(18)22/h9-15,22-24,26H,4-8H2,1-3H3/t9-,10?,11?,12-,13?,14+,15-,18+,19+,20+,21-/m0/s1. The van der Waals surface area contributed by atoms with Crippen LogP contribution in [-0.4, -0.2) is 68.6 Å². The molecule has 3 aliphatic heterocycles. The second-order valence-corrected chi connectivity index (χ2v) is 11.0. The molecule has 4 bridgehead atoms. The maximum atomic E-state index is 13.9. The molecular formula is C21H30O7. The highest BCUT2D eigenvalue weighted by atomic mass is 16.7. The molecule has 7 nitrogen and oxygen atoms in total. The molecular weight excluding hydrogens is 364 g/mol. The predicted octanol–water partition coefficient (Wildman–Crippen LogP) is -0.0231. The lowest BCUT2D eigenvalue weighted by Crippen LogP contribution is -2.85. The van der Waals surface area contributed by atoms with Crippen molar-refractivity contribution in [2.45, 2.75) is 82.3 Å². The normalized spacial score (nSPS) is 66.0. The van der Waals surface area contributed by atoms with Gasteiger partial charge in [0.1, 0.15) is 11.5 Å². The molecule has 0 aromatic carbocycles. The summed E-state index contributed by atoms with van der Waals surface area (Å²) in [5.41, 5.74) is -3.94. The molecule has 0 aromatic rings. The first-order valence-electron chi connectivity index (χ1n) is 10.7. The molecule has 4 N–H and O–H groups in total. The van der Waals surface area contributed by atoms with Crippen LogP contribution in [0, 0.1) is 34.0 Å². The molecule has 0 amide bonds. The van der Waals surface area contributed by atoms with Gasteiger partial charge in [0, 0.05) is 17.3 Å². The zero-order valence-corrected chi connectivity index (χ0v) is 16.6. The molecule has 3 heterocycles. The van der Waals surface area contributed by atoms with Crippen molar-refractivity contribution in [3.05, 3.63) is 0 Å². The van der Waals surface area contributed by atoms with Gasteiger partial charge < -0.3 is 29.9 Å². The number of ether oxygens (including phenoxy) is 2. The van der Waals surface area contributed by atoms with Gasteiger partial charge >= 0.3 is 0 Å². The van der Waals surface area contributed by atoms with Crippen LogP contribution in [0.3, 0.4) is 0 Å². The Morgan fingerprint density at radius 2 is 1.75 bits per heavy atom. The number of ketones is 1. The number of fused-ring (bicyclic) bond motifs is 3. The van der Waals surface area contributed by atoms with Crippen LogP contribution in [0.4, 0.5) is 0 Å². The summed E-state index contributed by atoms with van der Waals surface area (Å²) in [5.74, 6) is -3.76. The minimum atomic E-state index is -2.16. The lowest BCUT2D eigenvalue weighted by Gasteiger charge is -2.74. The molecule has 7 fully saturated rings. The molecule has 4 aliphatic carbocycles. The van der Waals surface area contributed by atoms with Crippen molar-refractivity contribution in [2.75, 3.05) is 6.61 Å². The van der Waals surface area contributed by atoms with E-state index in [1.165, 1.54) is 0 Å². The quantitative estimate of drug-likeness (QED) is 0.426. The highest BCUT2D eigenvalue weighted by molar-refractivity contribution is 6.01. The van der Waals surface area contributed by atoms with Crippen LogP contribution in [0.2, 0.25) is 0 Å².